The molecule has 1 aromatic rings. The van der Waals surface area contributed by atoms with E-state index in [1.807, 2.05) is 20.8 Å². The van der Waals surface area contributed by atoms with Crippen LogP contribution in [0.15, 0.2) is 18.2 Å². The molecule has 0 saturated heterocycles. The average Bonchev–Trinajstić information content (AvgIpc) is 2.57. The third kappa shape index (κ3) is 2.28. The Labute approximate surface area is 113 Å². The number of halogens is 1. The molecule has 2 nitrogen and oxygen atoms in total. The molecule has 0 amide bonds. The number of hydrogen-bond donors (Lipinski definition) is 0. The fraction of sp³-hybridized carbons (Fsp3) is 0.500. The van der Waals surface area contributed by atoms with Crippen molar-refractivity contribution < 1.29 is 9.18 Å². The first-order chi connectivity index (χ1) is 8.81. The molecule has 3 heteroatoms. The maximum Gasteiger partial charge on any atom is 0.158 e. The minimum atomic E-state index is -0.938. The van der Waals surface area contributed by atoms with E-state index >= 15 is 0 Å². The monoisotopic (exact) mass is 259 g/mol. The van der Waals surface area contributed by atoms with Crippen LogP contribution in [-0.2, 0) is 11.2 Å². The highest BCUT2D eigenvalue weighted by Crippen LogP contribution is 2.47. The minimum Gasteiger partial charge on any atom is -0.297 e. The highest BCUT2D eigenvalue weighted by Gasteiger charge is 2.52. The van der Waals surface area contributed by atoms with Crippen LogP contribution in [0.1, 0.15) is 37.8 Å². The number of nitrogens with zero attached hydrogens (tertiary/aromatic N) is 1. The maximum atomic E-state index is 13.1. The Bertz CT molecular complexity index is 571. The lowest BCUT2D eigenvalue weighted by molar-refractivity contribution is -0.130. The highest BCUT2D eigenvalue weighted by molar-refractivity contribution is 5.94. The van der Waals surface area contributed by atoms with Gasteiger partial charge in [0.2, 0.25) is 0 Å². The van der Waals surface area contributed by atoms with Gasteiger partial charge in [0.15, 0.2) is 5.78 Å². The van der Waals surface area contributed by atoms with E-state index in [2.05, 4.69) is 6.07 Å². The van der Waals surface area contributed by atoms with Crippen molar-refractivity contribution in [1.29, 1.82) is 5.26 Å². The predicted octanol–water partition coefficient (Wildman–Crippen LogP) is 3.58. The summed E-state index contributed by atoms with van der Waals surface area (Å²) < 4.78 is 13.1. The number of nitriles is 1. The smallest absolute Gasteiger partial charge is 0.158 e. The lowest BCUT2D eigenvalue weighted by atomic mass is 9.76. The second-order valence-electron chi connectivity index (χ2n) is 6.15. The molecule has 0 aliphatic heterocycles. The molecule has 1 aliphatic carbocycles. The van der Waals surface area contributed by atoms with Crippen LogP contribution >= 0.6 is 0 Å². The van der Waals surface area contributed by atoms with Crippen molar-refractivity contribution in [2.75, 3.05) is 0 Å². The molecular weight excluding hydrogens is 241 g/mol. The van der Waals surface area contributed by atoms with Gasteiger partial charge in [0, 0.05) is 5.41 Å². The Morgan fingerprint density at radius 1 is 1.37 bits per heavy atom. The molecule has 19 heavy (non-hydrogen) atoms. The van der Waals surface area contributed by atoms with Crippen molar-refractivity contribution >= 4 is 5.78 Å². The highest BCUT2D eigenvalue weighted by atomic mass is 19.1. The van der Waals surface area contributed by atoms with Crippen LogP contribution in [0.4, 0.5) is 4.39 Å². The minimum absolute atomic E-state index is 0.0197. The molecule has 1 unspecified atom stereocenters. The van der Waals surface area contributed by atoms with Crippen molar-refractivity contribution in [2.45, 2.75) is 40.0 Å². The molecular formula is C16H18FNO. The average molecular weight is 259 g/mol. The maximum absolute atomic E-state index is 13.1. The summed E-state index contributed by atoms with van der Waals surface area (Å²) in [5.74, 6) is -0.267. The van der Waals surface area contributed by atoms with Crippen LogP contribution in [0.5, 0.6) is 0 Å². The molecule has 1 aliphatic rings. The largest absolute Gasteiger partial charge is 0.297 e. The number of carbonyl (C=O) groups is 1. The Kier molecular flexibility index (Phi) is 3.22. The third-order valence-electron chi connectivity index (χ3n) is 4.24. The Balaban J connectivity index is 2.36. The van der Waals surface area contributed by atoms with Gasteiger partial charge in [-0.1, -0.05) is 19.9 Å². The summed E-state index contributed by atoms with van der Waals surface area (Å²) in [6.07, 6.45) is 1.71. The van der Waals surface area contributed by atoms with E-state index in [0.29, 0.717) is 12.8 Å². The normalized spacial score (nSPS) is 25.3. The number of hydrogen-bond acceptors (Lipinski definition) is 2. The Hall–Kier alpha value is -1.69. The van der Waals surface area contributed by atoms with E-state index < -0.39 is 10.8 Å². The zero-order valence-corrected chi connectivity index (χ0v) is 11.6. The lowest BCUT2D eigenvalue weighted by Crippen LogP contribution is -2.33. The first kappa shape index (κ1) is 13.7. The molecule has 0 spiro atoms. The van der Waals surface area contributed by atoms with Gasteiger partial charge >= 0.3 is 0 Å². The standard InChI is InChI=1S/C16H18FNO/c1-11-8-13(17)5-4-12(11)9-16(10-18)7-6-15(2,3)14(16)19/h4-5,8H,6-7,9H2,1-3H3. The van der Waals surface area contributed by atoms with E-state index in [1.54, 1.807) is 6.07 Å². The van der Waals surface area contributed by atoms with Gasteiger partial charge in [-0.15, -0.1) is 0 Å². The zero-order chi connectivity index (χ0) is 14.3. The lowest BCUT2D eigenvalue weighted by Gasteiger charge is -2.23. The van der Waals surface area contributed by atoms with Crippen molar-refractivity contribution in [3.05, 3.63) is 35.1 Å². The number of benzene rings is 1. The fourth-order valence-corrected chi connectivity index (χ4v) is 2.90. The van der Waals surface area contributed by atoms with Gasteiger partial charge in [0.25, 0.3) is 0 Å². The quantitative estimate of drug-likeness (QED) is 0.814. The number of aryl methyl sites for hydroxylation is 1. The zero-order valence-electron chi connectivity index (χ0n) is 11.6. The summed E-state index contributed by atoms with van der Waals surface area (Å²) in [6, 6.07) is 6.75. The van der Waals surface area contributed by atoms with Gasteiger partial charge in [-0.2, -0.15) is 5.26 Å². The third-order valence-corrected chi connectivity index (χ3v) is 4.24. The molecule has 1 saturated carbocycles. The summed E-state index contributed by atoms with van der Waals surface area (Å²) >= 11 is 0. The van der Waals surface area contributed by atoms with E-state index in [9.17, 15) is 14.4 Å². The molecule has 0 radical (unpaired) electrons. The second kappa shape index (κ2) is 4.45. The molecule has 1 aromatic carbocycles. The first-order valence-corrected chi connectivity index (χ1v) is 6.52. The molecule has 100 valence electrons. The van der Waals surface area contributed by atoms with Gasteiger partial charge in [-0.05, 0) is 49.4 Å². The number of ketones is 1. The van der Waals surface area contributed by atoms with E-state index in [4.69, 9.17) is 0 Å². The van der Waals surface area contributed by atoms with Crippen LogP contribution in [0.25, 0.3) is 0 Å². The Morgan fingerprint density at radius 3 is 2.53 bits per heavy atom. The molecule has 0 bridgehead atoms. The van der Waals surface area contributed by atoms with Crippen LogP contribution < -0.4 is 0 Å². The van der Waals surface area contributed by atoms with Gasteiger partial charge in [0.1, 0.15) is 11.2 Å². The first-order valence-electron chi connectivity index (χ1n) is 6.52. The SMILES string of the molecule is Cc1cc(F)ccc1CC1(C#N)CCC(C)(C)C1=O. The van der Waals surface area contributed by atoms with Gasteiger partial charge in [-0.3, -0.25) is 4.79 Å². The number of rotatable bonds is 2. The van der Waals surface area contributed by atoms with Crippen LogP contribution in [0.3, 0.4) is 0 Å². The topological polar surface area (TPSA) is 40.9 Å². The summed E-state index contributed by atoms with van der Waals surface area (Å²) in [5.41, 5.74) is 0.316. The summed E-state index contributed by atoms with van der Waals surface area (Å²) in [5, 5.41) is 9.48. The molecule has 0 N–H and O–H groups in total. The molecule has 0 heterocycles. The fourth-order valence-electron chi connectivity index (χ4n) is 2.90. The summed E-state index contributed by atoms with van der Waals surface area (Å²) in [7, 11) is 0. The molecule has 2 rings (SSSR count). The molecule has 1 atom stereocenters. The summed E-state index contributed by atoms with van der Waals surface area (Å²) in [6.45, 7) is 5.60. The van der Waals surface area contributed by atoms with Crippen LogP contribution in [0, 0.1) is 34.9 Å². The summed E-state index contributed by atoms with van der Waals surface area (Å²) in [4.78, 5) is 12.5. The molecule has 0 aromatic heterocycles. The Morgan fingerprint density at radius 2 is 2.05 bits per heavy atom. The number of carbonyl (C=O) groups excluding carboxylic acids is 1. The molecule has 1 fully saturated rings. The van der Waals surface area contributed by atoms with Gasteiger partial charge in [-0.25, -0.2) is 4.39 Å². The van der Waals surface area contributed by atoms with Crippen molar-refractivity contribution in [1.82, 2.24) is 0 Å². The van der Waals surface area contributed by atoms with Crippen molar-refractivity contribution in [3.8, 4) is 6.07 Å². The van der Waals surface area contributed by atoms with E-state index in [-0.39, 0.29) is 11.6 Å². The van der Waals surface area contributed by atoms with Crippen LogP contribution in [0.2, 0.25) is 0 Å². The van der Waals surface area contributed by atoms with Crippen molar-refractivity contribution in [3.63, 3.8) is 0 Å². The van der Waals surface area contributed by atoms with Gasteiger partial charge < -0.3 is 0 Å². The van der Waals surface area contributed by atoms with Gasteiger partial charge in [0.05, 0.1) is 6.07 Å². The second-order valence-corrected chi connectivity index (χ2v) is 6.15. The van der Waals surface area contributed by atoms with E-state index in [0.717, 1.165) is 17.5 Å². The van der Waals surface area contributed by atoms with Crippen molar-refractivity contribution in [2.24, 2.45) is 10.8 Å². The number of Topliss-reactive ketones (excluding diaryl/α,β-unsaturated/α-hetero) is 1. The van der Waals surface area contributed by atoms with Crippen LogP contribution in [-0.4, -0.2) is 5.78 Å². The predicted molar refractivity (Wildman–Crippen MR) is 70.9 cm³/mol. The van der Waals surface area contributed by atoms with E-state index in [1.165, 1.54) is 12.1 Å².